The lowest BCUT2D eigenvalue weighted by Crippen LogP contribution is -2.43. The molecule has 6 heteroatoms. The van der Waals surface area contributed by atoms with Crippen molar-refractivity contribution in [1.82, 2.24) is 4.98 Å². The van der Waals surface area contributed by atoms with Gasteiger partial charge in [0.05, 0.1) is 19.9 Å². The van der Waals surface area contributed by atoms with Crippen molar-refractivity contribution in [1.29, 1.82) is 0 Å². The van der Waals surface area contributed by atoms with Crippen molar-refractivity contribution in [2.24, 2.45) is 0 Å². The summed E-state index contributed by atoms with van der Waals surface area (Å²) in [5, 5.41) is 0.641. The topological polar surface area (TPSA) is 65.5 Å². The molecule has 0 bridgehead atoms. The van der Waals surface area contributed by atoms with Crippen LogP contribution in [0.1, 0.15) is 12.6 Å². The summed E-state index contributed by atoms with van der Waals surface area (Å²) in [6, 6.07) is 10.7. The minimum absolute atomic E-state index is 0.258. The number of esters is 2. The van der Waals surface area contributed by atoms with E-state index in [1.807, 2.05) is 12.1 Å². The highest BCUT2D eigenvalue weighted by molar-refractivity contribution is 6.30. The van der Waals surface area contributed by atoms with Crippen LogP contribution in [0.25, 0.3) is 11.1 Å². The number of hydrogen-bond acceptors (Lipinski definition) is 5. The second kappa shape index (κ2) is 6.79. The molecule has 2 aromatic rings. The summed E-state index contributed by atoms with van der Waals surface area (Å²) in [6.07, 6.45) is 1.59. The number of rotatable bonds is 4. The molecule has 1 aromatic carbocycles. The van der Waals surface area contributed by atoms with E-state index in [1.54, 1.807) is 30.5 Å². The SMILES string of the molecule is COC(=O)C(C)(C(=O)OC)c1ccc(-c2ccc(Cl)cc2)cn1. The lowest BCUT2D eigenvalue weighted by Gasteiger charge is -2.23. The van der Waals surface area contributed by atoms with Gasteiger partial charge in [0.2, 0.25) is 5.41 Å². The first kappa shape index (κ1) is 17.0. The minimum Gasteiger partial charge on any atom is -0.468 e. The summed E-state index contributed by atoms with van der Waals surface area (Å²) >= 11 is 5.87. The molecular formula is C17H16ClNO4. The van der Waals surface area contributed by atoms with E-state index in [0.29, 0.717) is 5.02 Å². The minimum atomic E-state index is -1.61. The molecule has 0 amide bonds. The number of carbonyl (C=O) groups excluding carboxylic acids is 2. The number of carbonyl (C=O) groups is 2. The van der Waals surface area contributed by atoms with Gasteiger partial charge in [-0.2, -0.15) is 0 Å². The molecule has 1 aromatic heterocycles. The Morgan fingerprint density at radius 1 is 0.957 bits per heavy atom. The molecule has 0 aliphatic carbocycles. The van der Waals surface area contributed by atoms with Gasteiger partial charge in [-0.25, -0.2) is 0 Å². The van der Waals surface area contributed by atoms with E-state index in [4.69, 9.17) is 21.1 Å². The first-order valence-electron chi connectivity index (χ1n) is 6.82. The zero-order valence-corrected chi connectivity index (χ0v) is 13.8. The second-order valence-corrected chi connectivity index (χ2v) is 5.48. The van der Waals surface area contributed by atoms with Gasteiger partial charge in [-0.1, -0.05) is 29.8 Å². The standard InChI is InChI=1S/C17H16ClNO4/c1-17(15(20)22-2,16(21)23-3)14-9-6-12(10-19-14)11-4-7-13(18)8-5-11/h4-10H,1-3H3. The smallest absolute Gasteiger partial charge is 0.329 e. The number of pyridine rings is 1. The molecule has 0 N–H and O–H groups in total. The van der Waals surface area contributed by atoms with Gasteiger partial charge >= 0.3 is 11.9 Å². The summed E-state index contributed by atoms with van der Waals surface area (Å²) in [6.45, 7) is 1.43. The molecule has 120 valence electrons. The maximum absolute atomic E-state index is 12.0. The highest BCUT2D eigenvalue weighted by Gasteiger charge is 2.46. The molecule has 0 aliphatic heterocycles. The Kier molecular flexibility index (Phi) is 5.01. The van der Waals surface area contributed by atoms with Gasteiger partial charge in [-0.05, 0) is 30.7 Å². The Morgan fingerprint density at radius 2 is 1.48 bits per heavy atom. The zero-order chi connectivity index (χ0) is 17.0. The molecule has 0 fully saturated rings. The average molecular weight is 334 g/mol. The number of aromatic nitrogens is 1. The van der Waals surface area contributed by atoms with Crippen LogP contribution in [0.4, 0.5) is 0 Å². The second-order valence-electron chi connectivity index (χ2n) is 5.05. The van der Waals surface area contributed by atoms with E-state index in [0.717, 1.165) is 11.1 Å². The third-order valence-electron chi connectivity index (χ3n) is 3.64. The van der Waals surface area contributed by atoms with Crippen LogP contribution in [0.3, 0.4) is 0 Å². The molecule has 0 atom stereocenters. The Labute approximate surface area is 139 Å². The number of ether oxygens (including phenoxy) is 2. The fourth-order valence-electron chi connectivity index (χ4n) is 2.20. The Hall–Kier alpha value is -2.40. The monoisotopic (exact) mass is 333 g/mol. The van der Waals surface area contributed by atoms with Crippen LogP contribution in [-0.4, -0.2) is 31.1 Å². The first-order valence-corrected chi connectivity index (χ1v) is 7.20. The number of benzene rings is 1. The van der Waals surface area contributed by atoms with E-state index in [9.17, 15) is 9.59 Å². The van der Waals surface area contributed by atoms with Gasteiger partial charge in [-0.3, -0.25) is 14.6 Å². The van der Waals surface area contributed by atoms with Crippen LogP contribution >= 0.6 is 11.6 Å². The molecule has 0 aliphatic rings. The van der Waals surface area contributed by atoms with Crippen LogP contribution < -0.4 is 0 Å². The van der Waals surface area contributed by atoms with E-state index in [1.165, 1.54) is 21.1 Å². The van der Waals surface area contributed by atoms with Gasteiger partial charge in [-0.15, -0.1) is 0 Å². The Morgan fingerprint density at radius 3 is 1.91 bits per heavy atom. The highest BCUT2D eigenvalue weighted by atomic mass is 35.5. The molecule has 2 rings (SSSR count). The Bertz CT molecular complexity index is 694. The van der Waals surface area contributed by atoms with Crippen molar-refractivity contribution in [2.75, 3.05) is 14.2 Å². The number of hydrogen-bond donors (Lipinski definition) is 0. The third kappa shape index (κ3) is 3.19. The fraction of sp³-hybridized carbons (Fsp3) is 0.235. The summed E-state index contributed by atoms with van der Waals surface area (Å²) in [5.41, 5.74) is 0.407. The Balaban J connectivity index is 2.41. The summed E-state index contributed by atoms with van der Waals surface area (Å²) in [4.78, 5) is 28.4. The third-order valence-corrected chi connectivity index (χ3v) is 3.89. The normalized spacial score (nSPS) is 11.0. The molecule has 0 spiro atoms. The molecule has 1 heterocycles. The first-order chi connectivity index (χ1) is 10.9. The molecule has 0 saturated carbocycles. The number of halogens is 1. The van der Waals surface area contributed by atoms with Gasteiger partial charge in [0, 0.05) is 16.8 Å². The van der Waals surface area contributed by atoms with Crippen molar-refractivity contribution in [3.8, 4) is 11.1 Å². The molecule has 5 nitrogen and oxygen atoms in total. The van der Waals surface area contributed by atoms with Gasteiger partial charge in [0.15, 0.2) is 0 Å². The summed E-state index contributed by atoms with van der Waals surface area (Å²) < 4.78 is 9.45. The van der Waals surface area contributed by atoms with Crippen LogP contribution in [0.2, 0.25) is 5.02 Å². The van der Waals surface area contributed by atoms with E-state index >= 15 is 0 Å². The maximum atomic E-state index is 12.0. The average Bonchev–Trinajstić information content (AvgIpc) is 2.60. The van der Waals surface area contributed by atoms with Crippen molar-refractivity contribution < 1.29 is 19.1 Å². The van der Waals surface area contributed by atoms with Gasteiger partial charge in [0.1, 0.15) is 0 Å². The van der Waals surface area contributed by atoms with Crippen molar-refractivity contribution in [3.63, 3.8) is 0 Å². The number of nitrogens with zero attached hydrogens (tertiary/aromatic N) is 1. The molecule has 0 saturated heterocycles. The molecule has 23 heavy (non-hydrogen) atoms. The molecule has 0 unspecified atom stereocenters. The molecular weight excluding hydrogens is 318 g/mol. The quantitative estimate of drug-likeness (QED) is 0.635. The fourth-order valence-corrected chi connectivity index (χ4v) is 2.33. The van der Waals surface area contributed by atoms with E-state index in [2.05, 4.69) is 4.98 Å². The van der Waals surface area contributed by atoms with Crippen molar-refractivity contribution in [2.45, 2.75) is 12.3 Å². The van der Waals surface area contributed by atoms with Gasteiger partial charge in [0.25, 0.3) is 0 Å². The summed E-state index contributed by atoms with van der Waals surface area (Å²) in [7, 11) is 2.43. The maximum Gasteiger partial charge on any atom is 0.329 e. The predicted octanol–water partition coefficient (Wildman–Crippen LogP) is 3.01. The highest BCUT2D eigenvalue weighted by Crippen LogP contribution is 2.28. The van der Waals surface area contributed by atoms with Crippen molar-refractivity contribution >= 4 is 23.5 Å². The van der Waals surface area contributed by atoms with Crippen LogP contribution in [0, 0.1) is 0 Å². The van der Waals surface area contributed by atoms with E-state index in [-0.39, 0.29) is 5.69 Å². The molecule has 0 radical (unpaired) electrons. The summed E-state index contributed by atoms with van der Waals surface area (Å²) in [5.74, 6) is -1.45. The number of methoxy groups -OCH3 is 2. The lowest BCUT2D eigenvalue weighted by atomic mass is 9.86. The predicted molar refractivity (Wildman–Crippen MR) is 86.1 cm³/mol. The largest absolute Gasteiger partial charge is 0.468 e. The van der Waals surface area contributed by atoms with Crippen LogP contribution in [0.5, 0.6) is 0 Å². The van der Waals surface area contributed by atoms with Gasteiger partial charge < -0.3 is 9.47 Å². The zero-order valence-electron chi connectivity index (χ0n) is 13.0. The van der Waals surface area contributed by atoms with Crippen LogP contribution in [0.15, 0.2) is 42.6 Å². The van der Waals surface area contributed by atoms with E-state index < -0.39 is 17.4 Å². The lowest BCUT2D eigenvalue weighted by molar-refractivity contribution is -0.161. The van der Waals surface area contributed by atoms with Crippen LogP contribution in [-0.2, 0) is 24.5 Å². The van der Waals surface area contributed by atoms with Crippen molar-refractivity contribution in [3.05, 3.63) is 53.3 Å².